The van der Waals surface area contributed by atoms with Gasteiger partial charge in [0.1, 0.15) is 0 Å². The molecule has 0 atom stereocenters. The zero-order valence-electron chi connectivity index (χ0n) is 32.4. The predicted molar refractivity (Wildman–Crippen MR) is 220 cm³/mol. The molecular weight excluding hydrogens is 802 g/mol. The summed E-state index contributed by atoms with van der Waals surface area (Å²) in [6.45, 7) is 5.18. The van der Waals surface area contributed by atoms with Crippen molar-refractivity contribution in [2.45, 2.75) is 39.3 Å². The molecule has 12 heteroatoms. The molecule has 304 valence electrons. The number of nitrogens with zero attached hydrogens (tertiary/aromatic N) is 3. The van der Waals surface area contributed by atoms with Crippen LogP contribution in [0.25, 0.3) is 77.2 Å². The monoisotopic (exact) mass is 831 g/mol. The van der Waals surface area contributed by atoms with Crippen LogP contribution in [0.1, 0.15) is 38.9 Å². The molecule has 7 aromatic carbocycles. The van der Waals surface area contributed by atoms with Gasteiger partial charge in [-0.2, -0.15) is 44.8 Å². The molecule has 2 heterocycles. The van der Waals surface area contributed by atoms with Gasteiger partial charge in [0, 0.05) is 32.8 Å². The van der Waals surface area contributed by atoms with Crippen LogP contribution in [0.15, 0.2) is 127 Å². The number of nitriles is 1. The molecular formula is C49H30F9N3. The number of aryl methyl sites for hydroxylation is 3. The van der Waals surface area contributed by atoms with Crippen LogP contribution in [-0.4, -0.2) is 9.13 Å². The second-order valence-corrected chi connectivity index (χ2v) is 15.3. The number of hydrogen-bond donors (Lipinski definition) is 0. The average molecular weight is 832 g/mol. The standard InChI is InChI=1S/C49H30F9N3/c1-26-4-11-42-37(18-26)40-22-31(47(50,51)52)7-14-43(40)60(42)34-9-10-35(30-16-28(3)17-33(21-30)49(56,57)58)36(24-34)39-20-29(25-59)6-13-45(39)61-44-12-5-27(2)19-38(44)41-23-32(48(53,54)55)8-15-46(41)61/h4-24H,1-3H3. The van der Waals surface area contributed by atoms with Gasteiger partial charge in [-0.05, 0) is 146 Å². The van der Waals surface area contributed by atoms with Crippen molar-refractivity contribution in [1.29, 1.82) is 5.26 Å². The third kappa shape index (κ3) is 6.74. The Bertz CT molecular complexity index is 3320. The largest absolute Gasteiger partial charge is 0.416 e. The van der Waals surface area contributed by atoms with Crippen molar-refractivity contribution in [3.05, 3.63) is 166 Å². The van der Waals surface area contributed by atoms with Gasteiger partial charge in [-0.1, -0.05) is 35.4 Å². The lowest BCUT2D eigenvalue weighted by Crippen LogP contribution is -2.06. The number of benzene rings is 7. The highest BCUT2D eigenvalue weighted by Crippen LogP contribution is 2.45. The Morgan fingerprint density at radius 3 is 1.44 bits per heavy atom. The molecule has 0 amide bonds. The zero-order valence-corrected chi connectivity index (χ0v) is 32.4. The lowest BCUT2D eigenvalue weighted by Gasteiger charge is -2.20. The average Bonchev–Trinajstić information content (AvgIpc) is 3.70. The van der Waals surface area contributed by atoms with E-state index in [1.165, 1.54) is 12.1 Å². The Hall–Kier alpha value is -7.00. The van der Waals surface area contributed by atoms with Crippen LogP contribution >= 0.6 is 0 Å². The fourth-order valence-electron chi connectivity index (χ4n) is 8.43. The summed E-state index contributed by atoms with van der Waals surface area (Å²) in [7, 11) is 0. The number of fused-ring (bicyclic) bond motifs is 6. The van der Waals surface area contributed by atoms with E-state index in [9.17, 15) is 44.8 Å². The van der Waals surface area contributed by atoms with Gasteiger partial charge in [-0.25, -0.2) is 0 Å². The van der Waals surface area contributed by atoms with E-state index >= 15 is 0 Å². The summed E-state index contributed by atoms with van der Waals surface area (Å²) >= 11 is 0. The van der Waals surface area contributed by atoms with Crippen molar-refractivity contribution in [3.8, 4) is 39.7 Å². The Morgan fingerprint density at radius 1 is 0.410 bits per heavy atom. The zero-order chi connectivity index (χ0) is 43.3. The van der Waals surface area contributed by atoms with Crippen molar-refractivity contribution in [2.75, 3.05) is 0 Å². The number of alkyl halides is 9. The SMILES string of the molecule is Cc1cc(-c2ccc(-n3c4ccc(C)cc4c4cc(C(F)(F)F)ccc43)cc2-c2cc(C#N)ccc2-n2c3ccc(C)cc3c3cc(C(F)(F)F)ccc32)cc(C(F)(F)F)c1. The summed E-state index contributed by atoms with van der Waals surface area (Å²) in [4.78, 5) is 0. The number of hydrogen-bond acceptors (Lipinski definition) is 1. The third-order valence-electron chi connectivity index (χ3n) is 11.1. The van der Waals surface area contributed by atoms with Gasteiger partial charge in [0.05, 0.1) is 56.1 Å². The van der Waals surface area contributed by atoms with Crippen molar-refractivity contribution in [2.24, 2.45) is 0 Å². The highest BCUT2D eigenvalue weighted by molar-refractivity contribution is 6.11. The van der Waals surface area contributed by atoms with Crippen LogP contribution in [-0.2, 0) is 18.5 Å². The molecule has 0 fully saturated rings. The molecule has 0 aliphatic heterocycles. The molecule has 0 unspecified atom stereocenters. The van der Waals surface area contributed by atoms with Gasteiger partial charge in [-0.15, -0.1) is 0 Å². The van der Waals surface area contributed by atoms with Crippen molar-refractivity contribution in [1.82, 2.24) is 9.13 Å². The molecule has 0 aliphatic carbocycles. The maximum atomic E-state index is 14.4. The molecule has 0 aliphatic rings. The maximum Gasteiger partial charge on any atom is 0.416 e. The Labute approximate surface area is 342 Å². The topological polar surface area (TPSA) is 33.6 Å². The highest BCUT2D eigenvalue weighted by atomic mass is 19.4. The molecule has 61 heavy (non-hydrogen) atoms. The van der Waals surface area contributed by atoms with Crippen LogP contribution in [0.2, 0.25) is 0 Å². The molecule has 3 nitrogen and oxygen atoms in total. The second kappa shape index (κ2) is 13.8. The summed E-state index contributed by atoms with van der Waals surface area (Å²) in [5.74, 6) is 0. The minimum Gasteiger partial charge on any atom is -0.309 e. The second-order valence-electron chi connectivity index (χ2n) is 15.3. The fraction of sp³-hybridized carbons (Fsp3) is 0.122. The van der Waals surface area contributed by atoms with E-state index in [0.29, 0.717) is 77.2 Å². The van der Waals surface area contributed by atoms with E-state index in [1.54, 1.807) is 82.8 Å². The predicted octanol–water partition coefficient (Wildman–Crippen LogP) is 15.1. The van der Waals surface area contributed by atoms with E-state index in [-0.39, 0.29) is 11.1 Å². The minimum absolute atomic E-state index is 0.193. The summed E-state index contributed by atoms with van der Waals surface area (Å²) in [5.41, 5.74) is 3.61. The first kappa shape index (κ1) is 39.5. The van der Waals surface area contributed by atoms with Crippen LogP contribution in [0.4, 0.5) is 39.5 Å². The van der Waals surface area contributed by atoms with E-state index in [1.807, 2.05) is 26.0 Å². The van der Waals surface area contributed by atoms with Crippen molar-refractivity contribution >= 4 is 43.6 Å². The summed E-state index contributed by atoms with van der Waals surface area (Å²) in [6.07, 6.45) is -13.9. The number of halogens is 9. The van der Waals surface area contributed by atoms with Gasteiger partial charge in [0.2, 0.25) is 0 Å². The maximum absolute atomic E-state index is 14.4. The van der Waals surface area contributed by atoms with Gasteiger partial charge >= 0.3 is 18.5 Å². The van der Waals surface area contributed by atoms with E-state index in [2.05, 4.69) is 6.07 Å². The summed E-state index contributed by atoms with van der Waals surface area (Å²) in [6, 6.07) is 33.3. The van der Waals surface area contributed by atoms with E-state index in [0.717, 1.165) is 47.5 Å². The molecule has 0 saturated carbocycles. The summed E-state index contributed by atoms with van der Waals surface area (Å²) < 4.78 is 131. The van der Waals surface area contributed by atoms with Gasteiger partial charge in [-0.3, -0.25) is 0 Å². The quantitative estimate of drug-likeness (QED) is 0.163. The molecule has 0 saturated heterocycles. The molecule has 0 radical (unpaired) electrons. The van der Waals surface area contributed by atoms with Crippen molar-refractivity contribution < 1.29 is 39.5 Å². The smallest absolute Gasteiger partial charge is 0.309 e. The van der Waals surface area contributed by atoms with Crippen LogP contribution < -0.4 is 0 Å². The van der Waals surface area contributed by atoms with Crippen LogP contribution in [0.3, 0.4) is 0 Å². The molecule has 9 rings (SSSR count). The van der Waals surface area contributed by atoms with Crippen LogP contribution in [0.5, 0.6) is 0 Å². The molecule has 0 spiro atoms. The van der Waals surface area contributed by atoms with Gasteiger partial charge in [0.15, 0.2) is 0 Å². The third-order valence-corrected chi connectivity index (χ3v) is 11.1. The molecule has 0 N–H and O–H groups in total. The minimum atomic E-state index is -4.69. The fourth-order valence-corrected chi connectivity index (χ4v) is 8.43. The number of rotatable bonds is 4. The normalized spacial score (nSPS) is 12.6. The van der Waals surface area contributed by atoms with Gasteiger partial charge < -0.3 is 9.13 Å². The Morgan fingerprint density at radius 2 is 0.918 bits per heavy atom. The molecule has 9 aromatic rings. The molecule has 0 bridgehead atoms. The summed E-state index contributed by atoms with van der Waals surface area (Å²) in [5, 5.41) is 11.9. The van der Waals surface area contributed by atoms with E-state index < -0.39 is 35.2 Å². The first-order valence-corrected chi connectivity index (χ1v) is 18.9. The number of aromatic nitrogens is 2. The first-order chi connectivity index (χ1) is 28.8. The van der Waals surface area contributed by atoms with Crippen molar-refractivity contribution in [3.63, 3.8) is 0 Å². The van der Waals surface area contributed by atoms with Gasteiger partial charge in [0.25, 0.3) is 0 Å². The van der Waals surface area contributed by atoms with Crippen LogP contribution in [0, 0.1) is 32.1 Å². The Kier molecular flexibility index (Phi) is 8.91. The molecule has 2 aromatic heterocycles. The highest BCUT2D eigenvalue weighted by Gasteiger charge is 2.34. The Balaban J connectivity index is 1.40. The first-order valence-electron chi connectivity index (χ1n) is 18.9. The van der Waals surface area contributed by atoms with E-state index in [4.69, 9.17) is 0 Å². The lowest BCUT2D eigenvalue weighted by molar-refractivity contribution is -0.138. The lowest BCUT2D eigenvalue weighted by atomic mass is 9.90.